The number of phenols is 1. The molecule has 2 N–H and O–H groups in total. The predicted molar refractivity (Wildman–Crippen MR) is 108 cm³/mol. The zero-order valence-corrected chi connectivity index (χ0v) is 16.1. The summed E-state index contributed by atoms with van der Waals surface area (Å²) in [6.45, 7) is 4.97. The van der Waals surface area contributed by atoms with Gasteiger partial charge < -0.3 is 19.9 Å². The minimum atomic E-state index is -0.00333. The fourth-order valence-corrected chi connectivity index (χ4v) is 4.23. The monoisotopic (exact) mass is 365 g/mol. The second-order valence-electron chi connectivity index (χ2n) is 7.80. The van der Waals surface area contributed by atoms with E-state index < -0.39 is 0 Å². The topological polar surface area (TPSA) is 50.7 Å². The van der Waals surface area contributed by atoms with Crippen LogP contribution < -0.4 is 14.8 Å². The summed E-state index contributed by atoms with van der Waals surface area (Å²) < 4.78 is 11.4. The molecule has 0 spiro atoms. The number of ether oxygens (including phenoxy) is 2. The Morgan fingerprint density at radius 2 is 1.85 bits per heavy atom. The Morgan fingerprint density at radius 3 is 2.59 bits per heavy atom. The van der Waals surface area contributed by atoms with Crippen molar-refractivity contribution in [3.05, 3.63) is 59.7 Å². The Hall–Kier alpha value is -2.62. The van der Waals surface area contributed by atoms with Gasteiger partial charge in [-0.1, -0.05) is 50.3 Å². The van der Waals surface area contributed by atoms with Crippen molar-refractivity contribution in [2.75, 3.05) is 19.0 Å². The van der Waals surface area contributed by atoms with E-state index in [2.05, 4.69) is 43.4 Å². The molecule has 1 aliphatic heterocycles. The molecule has 1 aliphatic carbocycles. The number of hydrogen-bond acceptors (Lipinski definition) is 4. The molecule has 0 radical (unpaired) electrons. The summed E-state index contributed by atoms with van der Waals surface area (Å²) in [7, 11) is 1.58. The normalized spacial score (nSPS) is 22.9. The van der Waals surface area contributed by atoms with E-state index in [-0.39, 0.29) is 11.8 Å². The minimum Gasteiger partial charge on any atom is -0.504 e. The molecule has 4 rings (SSSR count). The van der Waals surface area contributed by atoms with Crippen LogP contribution in [0.15, 0.2) is 48.6 Å². The van der Waals surface area contributed by atoms with Gasteiger partial charge in [0.15, 0.2) is 11.5 Å². The summed E-state index contributed by atoms with van der Waals surface area (Å²) in [6.07, 6.45) is 5.52. The van der Waals surface area contributed by atoms with E-state index in [1.54, 1.807) is 13.2 Å². The molecule has 1 heterocycles. The maximum absolute atomic E-state index is 10.7. The molecule has 2 aromatic carbocycles. The molecule has 0 fully saturated rings. The Kier molecular flexibility index (Phi) is 4.73. The van der Waals surface area contributed by atoms with E-state index in [1.807, 2.05) is 18.2 Å². The molecule has 27 heavy (non-hydrogen) atoms. The first kappa shape index (κ1) is 17.8. The summed E-state index contributed by atoms with van der Waals surface area (Å²) in [5.74, 6) is 2.74. The van der Waals surface area contributed by atoms with Crippen molar-refractivity contribution in [2.24, 2.45) is 11.8 Å². The summed E-state index contributed by atoms with van der Waals surface area (Å²) in [5, 5.41) is 14.4. The number of nitrogens with one attached hydrogen (secondary N) is 1. The SMILES string of the molecule is COc1cccc(C2Nc3c(OCC(C)C)cccc3C3C=CCC32)c1O. The number of aromatic hydroxyl groups is 1. The molecule has 0 aromatic heterocycles. The molecule has 0 bridgehead atoms. The quantitative estimate of drug-likeness (QED) is 0.710. The number of phenolic OH excluding ortho intramolecular Hbond substituents is 1. The number of anilines is 1. The summed E-state index contributed by atoms with van der Waals surface area (Å²) >= 11 is 0. The molecule has 2 aromatic rings. The molecule has 2 aliphatic rings. The fraction of sp³-hybridized carbons (Fsp3) is 0.391. The second-order valence-corrected chi connectivity index (χ2v) is 7.80. The van der Waals surface area contributed by atoms with Crippen molar-refractivity contribution >= 4 is 5.69 Å². The lowest BCUT2D eigenvalue weighted by atomic mass is 9.76. The number of hydrogen-bond donors (Lipinski definition) is 2. The summed E-state index contributed by atoms with van der Waals surface area (Å²) in [4.78, 5) is 0. The van der Waals surface area contributed by atoms with Crippen LogP contribution in [0.25, 0.3) is 0 Å². The molecule has 4 heteroatoms. The van der Waals surface area contributed by atoms with E-state index in [1.165, 1.54) is 5.56 Å². The third kappa shape index (κ3) is 3.14. The van der Waals surface area contributed by atoms with Gasteiger partial charge in [-0.25, -0.2) is 0 Å². The smallest absolute Gasteiger partial charge is 0.163 e. The van der Waals surface area contributed by atoms with Gasteiger partial charge in [0.25, 0.3) is 0 Å². The number of rotatable bonds is 5. The molecule has 3 unspecified atom stereocenters. The molecular formula is C23H27NO3. The fourth-order valence-electron chi connectivity index (χ4n) is 4.23. The number of fused-ring (bicyclic) bond motifs is 3. The highest BCUT2D eigenvalue weighted by molar-refractivity contribution is 5.68. The van der Waals surface area contributed by atoms with Crippen LogP contribution in [0.2, 0.25) is 0 Å². The van der Waals surface area contributed by atoms with Crippen molar-refractivity contribution in [1.29, 1.82) is 0 Å². The molecule has 0 saturated heterocycles. The van der Waals surface area contributed by atoms with E-state index in [9.17, 15) is 5.11 Å². The average Bonchev–Trinajstić information content (AvgIpc) is 3.16. The third-order valence-electron chi connectivity index (χ3n) is 5.52. The van der Waals surface area contributed by atoms with E-state index in [0.717, 1.165) is 23.4 Å². The van der Waals surface area contributed by atoms with E-state index >= 15 is 0 Å². The Labute approximate surface area is 160 Å². The number of allylic oxidation sites excluding steroid dienone is 2. The van der Waals surface area contributed by atoms with Crippen LogP contribution in [0.5, 0.6) is 17.2 Å². The van der Waals surface area contributed by atoms with E-state index in [0.29, 0.717) is 30.1 Å². The highest BCUT2D eigenvalue weighted by Crippen LogP contribution is 2.53. The number of methoxy groups -OCH3 is 1. The Bertz CT molecular complexity index is 859. The van der Waals surface area contributed by atoms with Crippen LogP contribution in [0.1, 0.15) is 43.4 Å². The largest absolute Gasteiger partial charge is 0.504 e. The first-order valence-corrected chi connectivity index (χ1v) is 9.65. The van der Waals surface area contributed by atoms with Crippen molar-refractivity contribution in [1.82, 2.24) is 0 Å². The highest BCUT2D eigenvalue weighted by atomic mass is 16.5. The molecule has 142 valence electrons. The highest BCUT2D eigenvalue weighted by Gasteiger charge is 2.40. The molecule has 3 atom stereocenters. The van der Waals surface area contributed by atoms with Gasteiger partial charge in [0.1, 0.15) is 5.75 Å². The lowest BCUT2D eigenvalue weighted by molar-refractivity contribution is 0.270. The Morgan fingerprint density at radius 1 is 1.11 bits per heavy atom. The molecular weight excluding hydrogens is 338 g/mol. The van der Waals surface area contributed by atoms with Crippen molar-refractivity contribution < 1.29 is 14.6 Å². The van der Waals surface area contributed by atoms with Gasteiger partial charge in [-0.3, -0.25) is 0 Å². The zero-order chi connectivity index (χ0) is 19.0. The lowest BCUT2D eigenvalue weighted by Gasteiger charge is -2.38. The van der Waals surface area contributed by atoms with Gasteiger partial charge in [0.05, 0.1) is 25.4 Å². The predicted octanol–water partition coefficient (Wildman–Crippen LogP) is 5.26. The standard InChI is InChI=1S/C23H27NO3/c1-14(2)13-27-19-11-5-9-17-15-7-4-8-16(15)21(24-22(17)19)18-10-6-12-20(26-3)23(18)25/h4-7,9-12,14-16,21,24-25H,8,13H2,1-3H3. The molecule has 0 amide bonds. The van der Waals surface area contributed by atoms with Crippen molar-refractivity contribution in [3.63, 3.8) is 0 Å². The minimum absolute atomic E-state index is 0.00333. The van der Waals surface area contributed by atoms with Crippen LogP contribution >= 0.6 is 0 Å². The van der Waals surface area contributed by atoms with Crippen molar-refractivity contribution in [3.8, 4) is 17.2 Å². The first-order chi connectivity index (χ1) is 13.1. The van der Waals surface area contributed by atoms with Gasteiger partial charge in [-0.2, -0.15) is 0 Å². The van der Waals surface area contributed by atoms with Gasteiger partial charge in [0, 0.05) is 11.5 Å². The number of para-hydroxylation sites is 2. The summed E-state index contributed by atoms with van der Waals surface area (Å²) in [6, 6.07) is 12.0. The van der Waals surface area contributed by atoms with Crippen molar-refractivity contribution in [2.45, 2.75) is 32.2 Å². The third-order valence-corrected chi connectivity index (χ3v) is 5.52. The summed E-state index contributed by atoms with van der Waals surface area (Å²) in [5.41, 5.74) is 3.18. The Balaban J connectivity index is 1.76. The zero-order valence-electron chi connectivity index (χ0n) is 16.1. The van der Waals surface area contributed by atoms with Crippen LogP contribution in [-0.2, 0) is 0 Å². The van der Waals surface area contributed by atoms with Crippen LogP contribution in [0.4, 0.5) is 5.69 Å². The second kappa shape index (κ2) is 7.18. The lowest BCUT2D eigenvalue weighted by Crippen LogP contribution is -2.29. The van der Waals surface area contributed by atoms with Crippen LogP contribution in [-0.4, -0.2) is 18.8 Å². The average molecular weight is 365 g/mol. The van der Waals surface area contributed by atoms with E-state index in [4.69, 9.17) is 9.47 Å². The van der Waals surface area contributed by atoms with Gasteiger partial charge in [0.2, 0.25) is 0 Å². The van der Waals surface area contributed by atoms with Crippen LogP contribution in [0.3, 0.4) is 0 Å². The number of benzene rings is 2. The molecule has 4 nitrogen and oxygen atoms in total. The maximum atomic E-state index is 10.7. The van der Waals surface area contributed by atoms with Gasteiger partial charge in [-0.15, -0.1) is 0 Å². The van der Waals surface area contributed by atoms with Gasteiger partial charge in [-0.05, 0) is 36.0 Å². The maximum Gasteiger partial charge on any atom is 0.163 e. The first-order valence-electron chi connectivity index (χ1n) is 9.65. The molecule has 0 saturated carbocycles. The van der Waals surface area contributed by atoms with Crippen LogP contribution in [0, 0.1) is 11.8 Å². The van der Waals surface area contributed by atoms with Gasteiger partial charge >= 0.3 is 0 Å².